The Morgan fingerprint density at radius 1 is 1.09 bits per heavy atom. The van der Waals surface area contributed by atoms with Gasteiger partial charge in [0.25, 0.3) is 5.89 Å². The Morgan fingerprint density at radius 3 is 2.52 bits per heavy atom. The van der Waals surface area contributed by atoms with E-state index in [9.17, 15) is 9.59 Å². The Morgan fingerprint density at radius 2 is 1.83 bits per heavy atom. The van der Waals surface area contributed by atoms with Gasteiger partial charge in [-0.25, -0.2) is 4.98 Å². The summed E-state index contributed by atoms with van der Waals surface area (Å²) in [7, 11) is 0. The van der Waals surface area contributed by atoms with Crippen molar-refractivity contribution in [3.05, 3.63) is 47.6 Å². The summed E-state index contributed by atoms with van der Waals surface area (Å²) in [6, 6.07) is 7.02. The lowest BCUT2D eigenvalue weighted by Gasteiger charge is -2.08. The number of oxazole rings is 1. The number of nitrogens with one attached hydrogen (secondary N) is 2. The van der Waals surface area contributed by atoms with Gasteiger partial charge in [0, 0.05) is 17.9 Å². The van der Waals surface area contributed by atoms with E-state index in [0.717, 1.165) is 12.1 Å². The number of carbonyl (C=O) groups is 2. The molecule has 23 heavy (non-hydrogen) atoms. The van der Waals surface area contributed by atoms with Crippen LogP contribution in [0.25, 0.3) is 0 Å². The molecule has 0 atom stereocenters. The highest BCUT2D eigenvalue weighted by molar-refractivity contribution is 6.30. The van der Waals surface area contributed by atoms with Crippen molar-refractivity contribution in [1.82, 2.24) is 10.4 Å². The van der Waals surface area contributed by atoms with E-state index >= 15 is 0 Å². The molecule has 0 bridgehead atoms. The molecule has 0 aliphatic heterocycles. The van der Waals surface area contributed by atoms with Gasteiger partial charge in [-0.1, -0.05) is 18.0 Å². The Balaban J connectivity index is 1.54. The minimum Gasteiger partial charge on any atom is -0.442 e. The zero-order chi connectivity index (χ0) is 16.5. The number of rotatable bonds is 9. The van der Waals surface area contributed by atoms with Crippen molar-refractivity contribution < 1.29 is 14.0 Å². The Bertz CT molecular complexity index is 627. The molecule has 0 unspecified atom stereocenters. The quantitative estimate of drug-likeness (QED) is 0.415. The fraction of sp³-hybridized carbons (Fsp3) is 0.312. The molecule has 122 valence electrons. The second kappa shape index (κ2) is 8.95. The molecule has 2 N–H and O–H groups in total. The van der Waals surface area contributed by atoms with E-state index in [1.54, 1.807) is 24.3 Å². The van der Waals surface area contributed by atoms with Gasteiger partial charge in [0.05, 0.1) is 11.9 Å². The molecule has 0 saturated carbocycles. The summed E-state index contributed by atoms with van der Waals surface area (Å²) in [4.78, 5) is 27.1. The van der Waals surface area contributed by atoms with E-state index in [1.165, 1.54) is 12.5 Å². The van der Waals surface area contributed by atoms with E-state index in [4.69, 9.17) is 16.0 Å². The average Bonchev–Trinajstić information content (AvgIpc) is 3.08. The lowest BCUT2D eigenvalue weighted by molar-refractivity contribution is -0.120. The number of hydrazine groups is 1. The number of nitrogens with zero attached hydrogens (tertiary/aromatic N) is 1. The summed E-state index contributed by atoms with van der Waals surface area (Å²) < 4.78 is 4.93. The zero-order valence-corrected chi connectivity index (χ0v) is 13.3. The van der Waals surface area contributed by atoms with Crippen molar-refractivity contribution in [1.29, 1.82) is 0 Å². The van der Waals surface area contributed by atoms with Gasteiger partial charge in [0.15, 0.2) is 0 Å². The Hall–Kier alpha value is -2.34. The normalized spacial score (nSPS) is 10.3. The van der Waals surface area contributed by atoms with Crippen LogP contribution in [0.1, 0.15) is 42.8 Å². The zero-order valence-electron chi connectivity index (χ0n) is 12.5. The summed E-state index contributed by atoms with van der Waals surface area (Å²) in [6.07, 6.45) is 5.82. The third kappa shape index (κ3) is 6.12. The lowest BCUT2D eigenvalue weighted by atomic mass is 10.1. The van der Waals surface area contributed by atoms with Crippen LogP contribution in [0.2, 0.25) is 5.02 Å². The van der Waals surface area contributed by atoms with Crippen molar-refractivity contribution >= 4 is 29.0 Å². The van der Waals surface area contributed by atoms with Crippen LogP contribution in [-0.2, 0) is 4.79 Å². The number of benzene rings is 1. The number of ketones is 1. The van der Waals surface area contributed by atoms with Crippen LogP contribution < -0.4 is 10.9 Å². The van der Waals surface area contributed by atoms with Crippen LogP contribution in [0.3, 0.4) is 0 Å². The van der Waals surface area contributed by atoms with Crippen LogP contribution in [0.15, 0.2) is 41.1 Å². The number of amides is 1. The molecule has 1 heterocycles. The largest absolute Gasteiger partial charge is 0.442 e. The molecule has 1 amide bonds. The first-order valence-corrected chi connectivity index (χ1v) is 7.76. The van der Waals surface area contributed by atoms with Gasteiger partial charge in [-0.05, 0) is 37.1 Å². The Kier molecular flexibility index (Phi) is 6.62. The molecule has 0 saturated heterocycles. The van der Waals surface area contributed by atoms with Gasteiger partial charge in [-0.15, -0.1) is 0 Å². The van der Waals surface area contributed by atoms with E-state index < -0.39 is 0 Å². The van der Waals surface area contributed by atoms with Crippen LogP contribution in [0.4, 0.5) is 5.69 Å². The predicted molar refractivity (Wildman–Crippen MR) is 87.1 cm³/mol. The van der Waals surface area contributed by atoms with Crippen LogP contribution in [0, 0.1) is 0 Å². The van der Waals surface area contributed by atoms with Gasteiger partial charge in [-0.3, -0.25) is 20.4 Å². The SMILES string of the molecule is O=C(CCCCCC(=O)c1ncco1)NNc1ccc(Cl)cc1. The highest BCUT2D eigenvalue weighted by atomic mass is 35.5. The van der Waals surface area contributed by atoms with Gasteiger partial charge in [-0.2, -0.15) is 0 Å². The first kappa shape index (κ1) is 17.0. The molecule has 6 nitrogen and oxygen atoms in total. The van der Waals surface area contributed by atoms with Crippen molar-refractivity contribution in [3.63, 3.8) is 0 Å². The highest BCUT2D eigenvalue weighted by Crippen LogP contribution is 2.12. The number of unbranched alkanes of at least 4 members (excludes halogenated alkanes) is 2. The van der Waals surface area contributed by atoms with Crippen LogP contribution >= 0.6 is 11.6 Å². The Labute approximate surface area is 139 Å². The third-order valence-electron chi connectivity index (χ3n) is 3.17. The lowest BCUT2D eigenvalue weighted by Crippen LogP contribution is -2.28. The van der Waals surface area contributed by atoms with E-state index in [0.29, 0.717) is 30.7 Å². The van der Waals surface area contributed by atoms with Crippen LogP contribution in [-0.4, -0.2) is 16.7 Å². The molecular formula is C16H18ClN3O3. The molecule has 1 aromatic carbocycles. The minimum absolute atomic E-state index is 0.0982. The molecule has 2 rings (SSSR count). The van der Waals surface area contributed by atoms with Crippen molar-refractivity contribution in [3.8, 4) is 0 Å². The fourth-order valence-electron chi connectivity index (χ4n) is 1.95. The van der Waals surface area contributed by atoms with Crippen molar-refractivity contribution in [2.75, 3.05) is 5.43 Å². The molecule has 1 aromatic heterocycles. The monoisotopic (exact) mass is 335 g/mol. The number of hydrogen-bond donors (Lipinski definition) is 2. The van der Waals surface area contributed by atoms with E-state index in [-0.39, 0.29) is 17.6 Å². The van der Waals surface area contributed by atoms with Crippen molar-refractivity contribution in [2.45, 2.75) is 32.1 Å². The molecule has 7 heteroatoms. The smallest absolute Gasteiger partial charge is 0.263 e. The van der Waals surface area contributed by atoms with Gasteiger partial charge in [0.2, 0.25) is 11.7 Å². The average molecular weight is 336 g/mol. The van der Waals surface area contributed by atoms with Crippen molar-refractivity contribution in [2.24, 2.45) is 0 Å². The number of carbonyl (C=O) groups excluding carboxylic acids is 2. The molecule has 0 fully saturated rings. The molecule has 0 radical (unpaired) electrons. The maximum atomic E-state index is 11.7. The summed E-state index contributed by atoms with van der Waals surface area (Å²) in [6.45, 7) is 0. The molecular weight excluding hydrogens is 318 g/mol. The van der Waals surface area contributed by atoms with Crippen LogP contribution in [0.5, 0.6) is 0 Å². The minimum atomic E-state index is -0.108. The topological polar surface area (TPSA) is 84.2 Å². The number of aromatic nitrogens is 1. The third-order valence-corrected chi connectivity index (χ3v) is 3.42. The summed E-state index contributed by atoms with van der Waals surface area (Å²) in [5.41, 5.74) is 6.20. The second-order valence-electron chi connectivity index (χ2n) is 5.00. The molecule has 0 spiro atoms. The summed E-state index contributed by atoms with van der Waals surface area (Å²) >= 11 is 5.78. The second-order valence-corrected chi connectivity index (χ2v) is 5.44. The first-order chi connectivity index (χ1) is 11.1. The summed E-state index contributed by atoms with van der Waals surface area (Å²) in [5.74, 6) is -0.0576. The number of halogens is 1. The van der Waals surface area contributed by atoms with Gasteiger partial charge in [0.1, 0.15) is 6.26 Å². The van der Waals surface area contributed by atoms with Gasteiger partial charge < -0.3 is 4.42 Å². The number of Topliss-reactive ketones (excluding diaryl/α,β-unsaturated/α-hetero) is 1. The maximum Gasteiger partial charge on any atom is 0.263 e. The number of hydrogen-bond acceptors (Lipinski definition) is 5. The standard InChI is InChI=1S/C16H18ClN3O3/c17-12-6-8-13(9-7-12)19-20-15(22)5-3-1-2-4-14(21)16-18-10-11-23-16/h6-11,19H,1-5H2,(H,20,22). The van der Waals surface area contributed by atoms with E-state index in [2.05, 4.69) is 15.8 Å². The van der Waals surface area contributed by atoms with Gasteiger partial charge >= 0.3 is 0 Å². The molecule has 2 aromatic rings. The maximum absolute atomic E-state index is 11.7. The summed E-state index contributed by atoms with van der Waals surface area (Å²) in [5, 5.41) is 0.640. The molecule has 0 aliphatic rings. The fourth-order valence-corrected chi connectivity index (χ4v) is 2.08. The predicted octanol–water partition coefficient (Wildman–Crippen LogP) is 3.60. The first-order valence-electron chi connectivity index (χ1n) is 7.38. The number of anilines is 1. The molecule has 0 aliphatic carbocycles. The van der Waals surface area contributed by atoms with E-state index in [1.807, 2.05) is 0 Å². The highest BCUT2D eigenvalue weighted by Gasteiger charge is 2.09.